The second-order valence-electron chi connectivity index (χ2n) is 2.89. The van der Waals surface area contributed by atoms with Gasteiger partial charge in [-0.3, -0.25) is 9.13 Å². The van der Waals surface area contributed by atoms with Crippen LogP contribution in [-0.2, 0) is 9.13 Å². The van der Waals surface area contributed by atoms with E-state index in [0.717, 1.165) is 6.07 Å². The summed E-state index contributed by atoms with van der Waals surface area (Å²) in [4.78, 5) is 35.3. The normalized spacial score (nSPS) is 12.8. The van der Waals surface area contributed by atoms with Crippen molar-refractivity contribution in [3.63, 3.8) is 0 Å². The van der Waals surface area contributed by atoms with Gasteiger partial charge in [-0.2, -0.15) is 0 Å². The Labute approximate surface area is 89.1 Å². The maximum atomic E-state index is 11.0. The van der Waals surface area contributed by atoms with Gasteiger partial charge in [0.05, 0.1) is 5.30 Å². The Morgan fingerprint density at radius 1 is 0.875 bits per heavy atom. The van der Waals surface area contributed by atoms with Crippen molar-refractivity contribution in [3.8, 4) is 11.5 Å². The molecule has 0 aromatic heterocycles. The molecule has 0 aliphatic rings. The van der Waals surface area contributed by atoms with E-state index in [-0.39, 0.29) is 0 Å². The number of hydrogen-bond acceptors (Lipinski definition) is 4. The largest absolute Gasteiger partial charge is 0.504 e. The number of benzene rings is 1. The minimum absolute atomic E-state index is 0.643. The van der Waals surface area contributed by atoms with E-state index in [4.69, 9.17) is 24.7 Å². The molecule has 10 heteroatoms. The van der Waals surface area contributed by atoms with Crippen LogP contribution in [0.4, 0.5) is 0 Å². The standard InChI is InChI=1S/C6H8O8P2/c7-3-1-2-4(15(9,10)11)6(5(3)8)16(12,13)14/h1-2,7-8H,(H2,9,10,11)(H2,12,13,14). The second kappa shape index (κ2) is 3.85. The Hall–Kier alpha value is -0.880. The quantitative estimate of drug-likeness (QED) is 0.286. The molecule has 1 rings (SSSR count). The molecular weight excluding hydrogens is 262 g/mol. The van der Waals surface area contributed by atoms with Crippen LogP contribution in [-0.4, -0.2) is 29.8 Å². The van der Waals surface area contributed by atoms with Gasteiger partial charge in [0.25, 0.3) is 0 Å². The van der Waals surface area contributed by atoms with Gasteiger partial charge in [0.1, 0.15) is 5.30 Å². The number of hydrogen-bond donors (Lipinski definition) is 6. The lowest BCUT2D eigenvalue weighted by molar-refractivity contribution is 0.374. The minimum Gasteiger partial charge on any atom is -0.504 e. The zero-order valence-electron chi connectivity index (χ0n) is 7.55. The summed E-state index contributed by atoms with van der Waals surface area (Å²) in [6.45, 7) is 0. The lowest BCUT2D eigenvalue weighted by Gasteiger charge is -2.14. The summed E-state index contributed by atoms with van der Waals surface area (Å²) in [5.74, 6) is -2.12. The van der Waals surface area contributed by atoms with E-state index in [1.165, 1.54) is 0 Å². The van der Waals surface area contributed by atoms with Crippen LogP contribution in [0, 0.1) is 0 Å². The lowest BCUT2D eigenvalue weighted by Crippen LogP contribution is -2.25. The molecule has 0 bridgehead atoms. The average molecular weight is 270 g/mol. The van der Waals surface area contributed by atoms with Crippen LogP contribution in [0.3, 0.4) is 0 Å². The van der Waals surface area contributed by atoms with E-state index in [1.807, 2.05) is 0 Å². The smallest absolute Gasteiger partial charge is 0.361 e. The zero-order valence-corrected chi connectivity index (χ0v) is 9.34. The zero-order chi connectivity index (χ0) is 12.7. The highest BCUT2D eigenvalue weighted by Crippen LogP contribution is 2.44. The van der Waals surface area contributed by atoms with Gasteiger partial charge in [-0.1, -0.05) is 0 Å². The van der Waals surface area contributed by atoms with E-state index < -0.39 is 37.3 Å². The van der Waals surface area contributed by atoms with Crippen LogP contribution in [0.25, 0.3) is 0 Å². The molecule has 0 heterocycles. The molecule has 90 valence electrons. The molecule has 1 aromatic carbocycles. The molecule has 0 unspecified atom stereocenters. The molecular formula is C6H8O8P2. The molecule has 0 amide bonds. The Morgan fingerprint density at radius 2 is 1.38 bits per heavy atom. The Kier molecular flexibility index (Phi) is 3.17. The van der Waals surface area contributed by atoms with Crippen LogP contribution in [0.5, 0.6) is 11.5 Å². The molecule has 6 N–H and O–H groups in total. The molecule has 0 saturated carbocycles. The molecule has 0 atom stereocenters. The van der Waals surface area contributed by atoms with E-state index in [2.05, 4.69) is 0 Å². The second-order valence-corrected chi connectivity index (χ2v) is 5.99. The summed E-state index contributed by atoms with van der Waals surface area (Å²) < 4.78 is 21.9. The number of aromatic hydroxyl groups is 2. The summed E-state index contributed by atoms with van der Waals surface area (Å²) in [5, 5.41) is 15.9. The SMILES string of the molecule is O=P(O)(O)c1ccc(O)c(O)c1P(=O)(O)O. The summed E-state index contributed by atoms with van der Waals surface area (Å²) in [7, 11) is -10.1. The summed E-state index contributed by atoms with van der Waals surface area (Å²) >= 11 is 0. The molecule has 0 aliphatic carbocycles. The number of phenolic OH excluding ortho intramolecular Hbond substituents is 2. The molecule has 0 saturated heterocycles. The van der Waals surface area contributed by atoms with Crippen molar-refractivity contribution in [3.05, 3.63) is 12.1 Å². The van der Waals surface area contributed by atoms with Gasteiger partial charge in [-0.05, 0) is 12.1 Å². The molecule has 1 aromatic rings. The maximum Gasteiger partial charge on any atom is 0.361 e. The van der Waals surface area contributed by atoms with Crippen molar-refractivity contribution >= 4 is 25.8 Å². The van der Waals surface area contributed by atoms with E-state index in [9.17, 15) is 14.2 Å². The lowest BCUT2D eigenvalue weighted by atomic mass is 10.3. The third kappa shape index (κ3) is 2.44. The highest BCUT2D eigenvalue weighted by Gasteiger charge is 2.35. The van der Waals surface area contributed by atoms with Crippen molar-refractivity contribution in [1.82, 2.24) is 0 Å². The van der Waals surface area contributed by atoms with Gasteiger partial charge >= 0.3 is 15.2 Å². The van der Waals surface area contributed by atoms with E-state index in [1.54, 1.807) is 0 Å². The summed E-state index contributed by atoms with van der Waals surface area (Å²) in [6, 6.07) is 1.37. The van der Waals surface area contributed by atoms with Crippen LogP contribution in [0.15, 0.2) is 12.1 Å². The maximum absolute atomic E-state index is 11.0. The third-order valence-corrected chi connectivity index (χ3v) is 3.93. The van der Waals surface area contributed by atoms with Crippen LogP contribution >= 0.6 is 15.2 Å². The molecule has 0 spiro atoms. The highest BCUT2D eigenvalue weighted by molar-refractivity contribution is 7.67. The van der Waals surface area contributed by atoms with Gasteiger partial charge < -0.3 is 29.8 Å². The minimum atomic E-state index is -5.12. The molecule has 0 radical (unpaired) electrons. The van der Waals surface area contributed by atoms with Crippen molar-refractivity contribution in [2.24, 2.45) is 0 Å². The van der Waals surface area contributed by atoms with Gasteiger partial charge in [0, 0.05) is 0 Å². The summed E-state index contributed by atoms with van der Waals surface area (Å²) in [5.41, 5.74) is 0. The highest BCUT2D eigenvalue weighted by atomic mass is 31.2. The third-order valence-electron chi connectivity index (χ3n) is 1.71. The fourth-order valence-electron chi connectivity index (χ4n) is 1.08. The van der Waals surface area contributed by atoms with Crippen LogP contribution < -0.4 is 10.6 Å². The van der Waals surface area contributed by atoms with Gasteiger partial charge in [-0.15, -0.1) is 0 Å². The molecule has 0 aliphatic heterocycles. The fourth-order valence-corrected chi connectivity index (χ4v) is 3.28. The van der Waals surface area contributed by atoms with Crippen molar-refractivity contribution in [1.29, 1.82) is 0 Å². The van der Waals surface area contributed by atoms with E-state index >= 15 is 0 Å². The van der Waals surface area contributed by atoms with Crippen LogP contribution in [0.1, 0.15) is 0 Å². The van der Waals surface area contributed by atoms with Crippen molar-refractivity contribution in [2.45, 2.75) is 0 Å². The Balaban J connectivity index is 3.73. The molecule has 16 heavy (non-hydrogen) atoms. The number of phenols is 2. The van der Waals surface area contributed by atoms with Crippen molar-refractivity contribution in [2.75, 3.05) is 0 Å². The van der Waals surface area contributed by atoms with Gasteiger partial charge in [0.2, 0.25) is 0 Å². The predicted molar refractivity (Wildman–Crippen MR) is 53.1 cm³/mol. The molecule has 8 nitrogen and oxygen atoms in total. The fraction of sp³-hybridized carbons (Fsp3) is 0. The van der Waals surface area contributed by atoms with Crippen LogP contribution in [0.2, 0.25) is 0 Å². The topological polar surface area (TPSA) is 156 Å². The Bertz CT molecular complexity index is 512. The number of rotatable bonds is 2. The first-order valence-corrected chi connectivity index (χ1v) is 6.94. The molecule has 0 fully saturated rings. The van der Waals surface area contributed by atoms with Crippen molar-refractivity contribution < 1.29 is 38.9 Å². The monoisotopic (exact) mass is 270 g/mol. The first-order chi connectivity index (χ1) is 7.05. The first kappa shape index (κ1) is 13.2. The summed E-state index contributed by atoms with van der Waals surface area (Å²) in [6.07, 6.45) is 0. The first-order valence-electron chi connectivity index (χ1n) is 3.72. The average Bonchev–Trinajstić information content (AvgIpc) is 2.05. The van der Waals surface area contributed by atoms with Gasteiger partial charge in [0.15, 0.2) is 11.5 Å². The van der Waals surface area contributed by atoms with E-state index in [0.29, 0.717) is 6.07 Å². The Morgan fingerprint density at radius 3 is 1.75 bits per heavy atom. The van der Waals surface area contributed by atoms with Gasteiger partial charge in [-0.25, -0.2) is 0 Å². The predicted octanol–water partition coefficient (Wildman–Crippen LogP) is -1.30.